The summed E-state index contributed by atoms with van der Waals surface area (Å²) >= 11 is 0. The van der Waals surface area contributed by atoms with Crippen LogP contribution >= 0.6 is 0 Å². The number of carbonyl (C=O) groups excluding carboxylic acids is 1. The van der Waals surface area contributed by atoms with Crippen molar-refractivity contribution in [2.45, 2.75) is 26.2 Å². The molecule has 2 rings (SSSR count). The third kappa shape index (κ3) is 5.34. The Morgan fingerprint density at radius 1 is 1.12 bits per heavy atom. The molecule has 1 aromatic heterocycles. The van der Waals surface area contributed by atoms with Gasteiger partial charge in [0.2, 0.25) is 5.95 Å². The average Bonchev–Trinajstić information content (AvgIpc) is 2.65. The summed E-state index contributed by atoms with van der Waals surface area (Å²) in [7, 11) is 3.15. The molecule has 2 aromatic rings. The van der Waals surface area contributed by atoms with Crippen molar-refractivity contribution in [3.05, 3.63) is 36.2 Å². The smallest absolute Gasteiger partial charge is 0.270 e. The molecule has 0 fully saturated rings. The number of aromatic nitrogens is 2. The number of ether oxygens (including phenoxy) is 2. The average molecular weight is 344 g/mol. The van der Waals surface area contributed by atoms with E-state index >= 15 is 0 Å². The van der Waals surface area contributed by atoms with Crippen LogP contribution in [0.15, 0.2) is 30.5 Å². The summed E-state index contributed by atoms with van der Waals surface area (Å²) in [5.41, 5.74) is 1.06. The van der Waals surface area contributed by atoms with Gasteiger partial charge >= 0.3 is 0 Å². The number of nitrogens with zero attached hydrogens (tertiary/aromatic N) is 2. The summed E-state index contributed by atoms with van der Waals surface area (Å²) in [4.78, 5) is 20.5. The monoisotopic (exact) mass is 344 g/mol. The van der Waals surface area contributed by atoms with Crippen LogP contribution in [0.25, 0.3) is 0 Å². The standard InChI is InChI=1S/C18H24N4O3/c1-4-5-6-10-19-17(23)14-9-11-20-18(22-14)21-13-7-8-15(24-2)16(12-13)25-3/h7-9,11-12H,4-6,10H2,1-3H3,(H,19,23)(H,20,21,22). The number of nitrogens with one attached hydrogen (secondary N) is 2. The number of hydrogen-bond acceptors (Lipinski definition) is 6. The maximum Gasteiger partial charge on any atom is 0.270 e. The maximum atomic E-state index is 12.1. The van der Waals surface area contributed by atoms with E-state index in [4.69, 9.17) is 9.47 Å². The molecule has 0 atom stereocenters. The van der Waals surface area contributed by atoms with Crippen molar-refractivity contribution in [1.82, 2.24) is 15.3 Å². The quantitative estimate of drug-likeness (QED) is 0.680. The van der Waals surface area contributed by atoms with Crippen molar-refractivity contribution in [1.29, 1.82) is 0 Å². The Morgan fingerprint density at radius 3 is 2.64 bits per heavy atom. The van der Waals surface area contributed by atoms with Gasteiger partial charge in [0.25, 0.3) is 5.91 Å². The van der Waals surface area contributed by atoms with E-state index in [2.05, 4.69) is 27.5 Å². The van der Waals surface area contributed by atoms with Gasteiger partial charge in [0.15, 0.2) is 11.5 Å². The van der Waals surface area contributed by atoms with Gasteiger partial charge in [-0.3, -0.25) is 4.79 Å². The van der Waals surface area contributed by atoms with Gasteiger partial charge in [-0.05, 0) is 24.6 Å². The molecule has 0 aliphatic rings. The minimum atomic E-state index is -0.200. The first-order valence-corrected chi connectivity index (χ1v) is 8.28. The predicted molar refractivity (Wildman–Crippen MR) is 96.7 cm³/mol. The number of hydrogen-bond donors (Lipinski definition) is 2. The van der Waals surface area contributed by atoms with E-state index in [1.54, 1.807) is 38.6 Å². The van der Waals surface area contributed by atoms with Crippen LogP contribution in [0.3, 0.4) is 0 Å². The van der Waals surface area contributed by atoms with Gasteiger partial charge in [0, 0.05) is 24.5 Å². The van der Waals surface area contributed by atoms with E-state index < -0.39 is 0 Å². The van der Waals surface area contributed by atoms with Gasteiger partial charge in [0.1, 0.15) is 5.69 Å². The molecule has 0 spiro atoms. The molecule has 0 radical (unpaired) electrons. The highest BCUT2D eigenvalue weighted by Crippen LogP contribution is 2.30. The lowest BCUT2D eigenvalue weighted by molar-refractivity contribution is 0.0948. The molecular formula is C18H24N4O3. The molecule has 2 N–H and O–H groups in total. The Bertz CT molecular complexity index is 706. The molecule has 7 heteroatoms. The SMILES string of the molecule is CCCCCNC(=O)c1ccnc(Nc2ccc(OC)c(OC)c2)n1. The lowest BCUT2D eigenvalue weighted by Gasteiger charge is -2.11. The molecule has 0 aliphatic heterocycles. The van der Waals surface area contributed by atoms with E-state index in [0.29, 0.717) is 29.7 Å². The maximum absolute atomic E-state index is 12.1. The number of carbonyl (C=O) groups is 1. The summed E-state index contributed by atoms with van der Waals surface area (Å²) in [6, 6.07) is 6.97. The lowest BCUT2D eigenvalue weighted by Crippen LogP contribution is -2.25. The van der Waals surface area contributed by atoms with Gasteiger partial charge in [-0.1, -0.05) is 19.8 Å². The van der Waals surface area contributed by atoms with E-state index in [1.165, 1.54) is 0 Å². The molecule has 1 aromatic carbocycles. The van der Waals surface area contributed by atoms with E-state index in [9.17, 15) is 4.79 Å². The highest BCUT2D eigenvalue weighted by Gasteiger charge is 2.10. The second kappa shape index (κ2) is 9.46. The summed E-state index contributed by atoms with van der Waals surface area (Å²) in [5, 5.41) is 5.93. The Hall–Kier alpha value is -2.83. The van der Waals surface area contributed by atoms with Crippen LogP contribution in [0.1, 0.15) is 36.7 Å². The van der Waals surface area contributed by atoms with E-state index in [-0.39, 0.29) is 5.91 Å². The number of amides is 1. The van der Waals surface area contributed by atoms with Crippen molar-refractivity contribution in [2.24, 2.45) is 0 Å². The topological polar surface area (TPSA) is 85.4 Å². The minimum absolute atomic E-state index is 0.200. The normalized spacial score (nSPS) is 10.2. The fraction of sp³-hybridized carbons (Fsp3) is 0.389. The molecule has 7 nitrogen and oxygen atoms in total. The van der Waals surface area contributed by atoms with E-state index in [1.807, 2.05) is 6.07 Å². The van der Waals surface area contributed by atoms with Crippen LogP contribution in [0.4, 0.5) is 11.6 Å². The fourth-order valence-electron chi connectivity index (χ4n) is 2.26. The van der Waals surface area contributed by atoms with Crippen molar-refractivity contribution in [3.63, 3.8) is 0 Å². The molecular weight excluding hydrogens is 320 g/mol. The van der Waals surface area contributed by atoms with Crippen LogP contribution in [0, 0.1) is 0 Å². The first kappa shape index (κ1) is 18.5. The number of unbranched alkanes of at least 4 members (excludes halogenated alkanes) is 2. The first-order valence-electron chi connectivity index (χ1n) is 8.28. The lowest BCUT2D eigenvalue weighted by atomic mass is 10.2. The zero-order valence-corrected chi connectivity index (χ0v) is 14.8. The molecule has 1 heterocycles. The molecule has 25 heavy (non-hydrogen) atoms. The second-order valence-electron chi connectivity index (χ2n) is 5.42. The summed E-state index contributed by atoms with van der Waals surface area (Å²) < 4.78 is 10.5. The van der Waals surface area contributed by atoms with Gasteiger partial charge in [-0.15, -0.1) is 0 Å². The third-order valence-corrected chi connectivity index (χ3v) is 3.59. The number of anilines is 2. The van der Waals surface area contributed by atoms with Gasteiger partial charge in [-0.25, -0.2) is 9.97 Å². The zero-order valence-electron chi connectivity index (χ0n) is 14.8. The largest absolute Gasteiger partial charge is 0.493 e. The molecule has 1 amide bonds. The van der Waals surface area contributed by atoms with Crippen LogP contribution in [-0.4, -0.2) is 36.6 Å². The highest BCUT2D eigenvalue weighted by atomic mass is 16.5. The summed E-state index contributed by atoms with van der Waals surface area (Å²) in [5.74, 6) is 1.37. The number of methoxy groups -OCH3 is 2. The van der Waals surface area contributed by atoms with Gasteiger partial charge < -0.3 is 20.1 Å². The first-order chi connectivity index (χ1) is 12.2. The molecule has 0 saturated heterocycles. The van der Waals surface area contributed by atoms with Crippen LogP contribution in [0.2, 0.25) is 0 Å². The zero-order chi connectivity index (χ0) is 18.1. The minimum Gasteiger partial charge on any atom is -0.493 e. The predicted octanol–water partition coefficient (Wildman–Crippen LogP) is 3.16. The summed E-state index contributed by atoms with van der Waals surface area (Å²) in [6.45, 7) is 2.77. The fourth-order valence-corrected chi connectivity index (χ4v) is 2.26. The Morgan fingerprint density at radius 2 is 1.92 bits per heavy atom. The van der Waals surface area contributed by atoms with Crippen LogP contribution in [-0.2, 0) is 0 Å². The third-order valence-electron chi connectivity index (χ3n) is 3.59. The number of rotatable bonds is 9. The second-order valence-corrected chi connectivity index (χ2v) is 5.42. The molecule has 0 bridgehead atoms. The molecule has 134 valence electrons. The Kier molecular flexibility index (Phi) is 7.00. The molecule has 0 saturated carbocycles. The van der Waals surface area contributed by atoms with Crippen molar-refractivity contribution < 1.29 is 14.3 Å². The number of benzene rings is 1. The van der Waals surface area contributed by atoms with Gasteiger partial charge in [0.05, 0.1) is 14.2 Å². The van der Waals surface area contributed by atoms with Gasteiger partial charge in [-0.2, -0.15) is 0 Å². The molecule has 0 unspecified atom stereocenters. The van der Waals surface area contributed by atoms with Crippen molar-refractivity contribution in [2.75, 3.05) is 26.1 Å². The van der Waals surface area contributed by atoms with Crippen LogP contribution in [0.5, 0.6) is 11.5 Å². The van der Waals surface area contributed by atoms with E-state index in [0.717, 1.165) is 24.9 Å². The summed E-state index contributed by atoms with van der Waals surface area (Å²) in [6.07, 6.45) is 4.72. The molecule has 0 aliphatic carbocycles. The Balaban J connectivity index is 2.05. The Labute approximate surface area is 147 Å². The highest BCUT2D eigenvalue weighted by molar-refractivity contribution is 5.92. The van der Waals surface area contributed by atoms with Crippen molar-refractivity contribution in [3.8, 4) is 11.5 Å². The van der Waals surface area contributed by atoms with Crippen molar-refractivity contribution >= 4 is 17.5 Å². The van der Waals surface area contributed by atoms with Crippen LogP contribution < -0.4 is 20.1 Å².